The molecule has 0 radical (unpaired) electrons. The lowest BCUT2D eigenvalue weighted by atomic mass is 9.78. The first-order valence-electron chi connectivity index (χ1n) is 13.2. The Morgan fingerprint density at radius 2 is 1.59 bits per heavy atom. The Kier molecular flexibility index (Phi) is 8.80. The normalized spacial score (nSPS) is 20.7. The van der Waals surface area contributed by atoms with Crippen LogP contribution in [0, 0.1) is 18.7 Å². The summed E-state index contributed by atoms with van der Waals surface area (Å²) in [6, 6.07) is 5.20. The Balaban J connectivity index is 1.66. The lowest BCUT2D eigenvalue weighted by Crippen LogP contribution is -2.48. The zero-order valence-electron chi connectivity index (χ0n) is 22.5. The van der Waals surface area contributed by atoms with Gasteiger partial charge in [-0.1, -0.05) is 6.07 Å². The molecule has 1 saturated heterocycles. The minimum absolute atomic E-state index is 0.0619. The molecule has 2 aliphatic rings. The molecule has 0 aromatic heterocycles. The fourth-order valence-electron chi connectivity index (χ4n) is 5.48. The standard InChI is InChI=1S/C28H31F7N2O3S/c1-17-11-21(29)3-6-23(17)25-16-36(9-10-41(2,39)40)8-7-24(25)26(38)37(22-4-5-22)15-18-12-19(27(30,31)32)14-20(13-18)28(33,34)35/h3,6,11-14,22,24-25H,4-5,7-10,15-16H2,1-2H3. The fraction of sp³-hybridized carbons (Fsp3) is 0.536. The average molecular weight is 609 g/mol. The van der Waals surface area contributed by atoms with Crippen LogP contribution < -0.4 is 0 Å². The Bertz CT molecular complexity index is 1360. The summed E-state index contributed by atoms with van der Waals surface area (Å²) in [5, 5.41) is 0. The molecule has 1 saturated carbocycles. The van der Waals surface area contributed by atoms with Crippen molar-refractivity contribution in [2.45, 2.75) is 57.0 Å². The third kappa shape index (κ3) is 8.00. The van der Waals surface area contributed by atoms with Gasteiger partial charge in [-0.05, 0) is 79.8 Å². The molecule has 4 rings (SSSR count). The monoisotopic (exact) mass is 608 g/mol. The topological polar surface area (TPSA) is 57.7 Å². The number of likely N-dealkylation sites (tertiary alicyclic amines) is 1. The van der Waals surface area contributed by atoms with Crippen molar-refractivity contribution >= 4 is 15.7 Å². The number of carbonyl (C=O) groups is 1. The minimum atomic E-state index is -5.01. The van der Waals surface area contributed by atoms with E-state index in [0.717, 1.165) is 6.26 Å². The Morgan fingerprint density at radius 1 is 0.976 bits per heavy atom. The highest BCUT2D eigenvalue weighted by Gasteiger charge is 2.43. The first kappa shape index (κ1) is 31.3. The number of benzene rings is 2. The van der Waals surface area contributed by atoms with E-state index in [1.807, 2.05) is 4.90 Å². The van der Waals surface area contributed by atoms with E-state index in [4.69, 9.17) is 0 Å². The van der Waals surface area contributed by atoms with Gasteiger partial charge >= 0.3 is 12.4 Å². The maximum absolute atomic E-state index is 14.0. The number of nitrogens with zero attached hydrogens (tertiary/aromatic N) is 2. The summed E-state index contributed by atoms with van der Waals surface area (Å²) in [5.41, 5.74) is -1.88. The van der Waals surface area contributed by atoms with E-state index in [2.05, 4.69) is 0 Å². The predicted octanol–water partition coefficient (Wildman–Crippen LogP) is 5.81. The fourth-order valence-corrected chi connectivity index (χ4v) is 6.07. The van der Waals surface area contributed by atoms with Gasteiger partial charge in [0, 0.05) is 43.8 Å². The van der Waals surface area contributed by atoms with E-state index in [1.54, 1.807) is 13.0 Å². The molecule has 2 aromatic carbocycles. The van der Waals surface area contributed by atoms with Crippen molar-refractivity contribution in [2.24, 2.45) is 5.92 Å². The lowest BCUT2D eigenvalue weighted by Gasteiger charge is -2.41. The van der Waals surface area contributed by atoms with Crippen molar-refractivity contribution in [3.63, 3.8) is 0 Å². The molecule has 5 nitrogen and oxygen atoms in total. The number of aryl methyl sites for hydroxylation is 1. The van der Waals surface area contributed by atoms with E-state index in [9.17, 15) is 43.9 Å². The van der Waals surface area contributed by atoms with E-state index < -0.39 is 63.4 Å². The highest BCUT2D eigenvalue weighted by Crippen LogP contribution is 2.40. The number of hydrogen-bond acceptors (Lipinski definition) is 4. The second-order valence-corrected chi connectivity index (χ2v) is 13.3. The molecule has 0 bridgehead atoms. The summed E-state index contributed by atoms with van der Waals surface area (Å²) in [6.07, 6.45) is -7.45. The highest BCUT2D eigenvalue weighted by molar-refractivity contribution is 7.90. The van der Waals surface area contributed by atoms with Crippen LogP contribution in [0.2, 0.25) is 0 Å². The third-order valence-corrected chi connectivity index (χ3v) is 8.62. The molecule has 2 unspecified atom stereocenters. The van der Waals surface area contributed by atoms with Crippen molar-refractivity contribution in [1.29, 1.82) is 0 Å². The largest absolute Gasteiger partial charge is 0.416 e. The van der Waals surface area contributed by atoms with E-state index in [-0.39, 0.29) is 30.0 Å². The number of carbonyl (C=O) groups excluding carboxylic acids is 1. The van der Waals surface area contributed by atoms with Crippen molar-refractivity contribution in [1.82, 2.24) is 9.80 Å². The highest BCUT2D eigenvalue weighted by atomic mass is 32.2. The molecule has 1 aliphatic carbocycles. The second kappa shape index (κ2) is 11.5. The van der Waals surface area contributed by atoms with Gasteiger partial charge in [-0.3, -0.25) is 4.79 Å². The van der Waals surface area contributed by atoms with Crippen LogP contribution >= 0.6 is 0 Å². The van der Waals surface area contributed by atoms with E-state index in [0.29, 0.717) is 55.6 Å². The maximum Gasteiger partial charge on any atom is 0.416 e. The van der Waals surface area contributed by atoms with E-state index in [1.165, 1.54) is 17.0 Å². The van der Waals surface area contributed by atoms with Gasteiger partial charge in [-0.2, -0.15) is 26.3 Å². The van der Waals surface area contributed by atoms with Crippen LogP contribution in [0.25, 0.3) is 0 Å². The van der Waals surface area contributed by atoms with Gasteiger partial charge in [0.1, 0.15) is 15.7 Å². The van der Waals surface area contributed by atoms with Crippen LogP contribution in [0.4, 0.5) is 30.7 Å². The molecule has 13 heteroatoms. The number of amides is 1. The molecule has 2 aromatic rings. The molecule has 41 heavy (non-hydrogen) atoms. The summed E-state index contributed by atoms with van der Waals surface area (Å²) in [7, 11) is -3.26. The molecule has 0 N–H and O–H groups in total. The van der Waals surface area contributed by atoms with Crippen LogP contribution in [0.15, 0.2) is 36.4 Å². The van der Waals surface area contributed by atoms with Crippen LogP contribution in [0.1, 0.15) is 53.0 Å². The summed E-state index contributed by atoms with van der Waals surface area (Å²) >= 11 is 0. The maximum atomic E-state index is 14.0. The number of halogens is 7. The third-order valence-electron chi connectivity index (χ3n) is 7.69. The van der Waals surface area contributed by atoms with E-state index >= 15 is 0 Å². The summed E-state index contributed by atoms with van der Waals surface area (Å²) in [4.78, 5) is 17.3. The van der Waals surface area contributed by atoms with Gasteiger partial charge in [0.2, 0.25) is 5.91 Å². The quantitative estimate of drug-likeness (QED) is 0.355. The van der Waals surface area contributed by atoms with Gasteiger partial charge in [0.05, 0.1) is 16.9 Å². The molecule has 2 fully saturated rings. The first-order chi connectivity index (χ1) is 18.9. The predicted molar refractivity (Wildman–Crippen MR) is 138 cm³/mol. The smallest absolute Gasteiger partial charge is 0.335 e. The van der Waals surface area contributed by atoms with Crippen molar-refractivity contribution in [2.75, 3.05) is 31.6 Å². The zero-order chi connectivity index (χ0) is 30.3. The van der Waals surface area contributed by atoms with Crippen LogP contribution in [-0.2, 0) is 33.5 Å². The molecule has 226 valence electrons. The van der Waals surface area contributed by atoms with Crippen molar-refractivity contribution in [3.05, 3.63) is 70.0 Å². The van der Waals surface area contributed by atoms with Gasteiger partial charge in [0.25, 0.3) is 0 Å². The first-order valence-corrected chi connectivity index (χ1v) is 15.2. The summed E-state index contributed by atoms with van der Waals surface area (Å²) in [6.45, 7) is 2.17. The Hall–Kier alpha value is -2.67. The van der Waals surface area contributed by atoms with Crippen molar-refractivity contribution in [3.8, 4) is 0 Å². The number of alkyl halides is 6. The Morgan fingerprint density at radius 3 is 2.10 bits per heavy atom. The summed E-state index contributed by atoms with van der Waals surface area (Å²) < 4.78 is 118. The average Bonchev–Trinajstić information content (AvgIpc) is 3.69. The molecule has 2 atom stereocenters. The zero-order valence-corrected chi connectivity index (χ0v) is 23.3. The molecule has 1 amide bonds. The molecular weight excluding hydrogens is 577 g/mol. The van der Waals surface area contributed by atoms with Gasteiger partial charge in [0.15, 0.2) is 0 Å². The molecule has 1 aliphatic heterocycles. The van der Waals surface area contributed by atoms with Gasteiger partial charge in [-0.25, -0.2) is 12.8 Å². The molecule has 1 heterocycles. The van der Waals surface area contributed by atoms with Crippen molar-refractivity contribution < 1.29 is 43.9 Å². The summed E-state index contributed by atoms with van der Waals surface area (Å²) in [5.74, 6) is -2.11. The minimum Gasteiger partial charge on any atom is -0.335 e. The lowest BCUT2D eigenvalue weighted by molar-refractivity contribution is -0.143. The molecular formula is C28H31F7N2O3S. The SMILES string of the molecule is Cc1cc(F)ccc1C1CN(CCS(C)(=O)=O)CCC1C(=O)N(Cc1cc(C(F)(F)F)cc(C(F)(F)F)c1)C1CC1. The van der Waals surface area contributed by atoms with Crippen LogP contribution in [0.5, 0.6) is 0 Å². The second-order valence-electron chi connectivity index (χ2n) is 11.0. The Labute approximate surface area is 234 Å². The number of hydrogen-bond donors (Lipinski definition) is 0. The number of piperidine rings is 1. The van der Waals surface area contributed by atoms with Gasteiger partial charge < -0.3 is 9.80 Å². The van der Waals surface area contributed by atoms with Crippen LogP contribution in [-0.4, -0.2) is 61.8 Å². The number of sulfone groups is 1. The number of rotatable bonds is 8. The molecule has 0 spiro atoms. The van der Waals surface area contributed by atoms with Crippen LogP contribution in [0.3, 0.4) is 0 Å². The van der Waals surface area contributed by atoms with Gasteiger partial charge in [-0.15, -0.1) is 0 Å².